The predicted octanol–water partition coefficient (Wildman–Crippen LogP) is 1.39. The molecule has 2 rings (SSSR count). The summed E-state index contributed by atoms with van der Waals surface area (Å²) in [5, 5.41) is 9.45. The summed E-state index contributed by atoms with van der Waals surface area (Å²) in [6, 6.07) is 1.04. The van der Waals surface area contributed by atoms with Crippen LogP contribution in [0.1, 0.15) is 12.5 Å². The highest BCUT2D eigenvalue weighted by molar-refractivity contribution is 5.80. The molecule has 1 aromatic rings. The van der Waals surface area contributed by atoms with Crippen molar-refractivity contribution in [3.05, 3.63) is 17.4 Å². The van der Waals surface area contributed by atoms with Gasteiger partial charge in [0, 0.05) is 12.5 Å². The van der Waals surface area contributed by atoms with Crippen molar-refractivity contribution >= 4 is 5.78 Å². The number of ether oxygens (including phenoxy) is 2. The molecule has 0 spiro atoms. The minimum absolute atomic E-state index is 0.0247. The lowest BCUT2D eigenvalue weighted by Crippen LogP contribution is -2.00. The Morgan fingerprint density at radius 2 is 2.33 bits per heavy atom. The Morgan fingerprint density at radius 1 is 1.60 bits per heavy atom. The molecule has 1 heterocycles. The van der Waals surface area contributed by atoms with E-state index in [0.717, 1.165) is 6.07 Å². The van der Waals surface area contributed by atoms with Crippen molar-refractivity contribution in [2.75, 3.05) is 6.79 Å². The average Bonchev–Trinajstić information content (AvgIpc) is 2.59. The van der Waals surface area contributed by atoms with Crippen molar-refractivity contribution in [2.45, 2.75) is 13.3 Å². The van der Waals surface area contributed by atoms with Crippen LogP contribution in [-0.2, 0) is 11.2 Å². The van der Waals surface area contributed by atoms with Crippen LogP contribution in [0.4, 0.5) is 4.39 Å². The van der Waals surface area contributed by atoms with Crippen LogP contribution < -0.4 is 9.47 Å². The summed E-state index contributed by atoms with van der Waals surface area (Å²) in [6.07, 6.45) is -0.0741. The first kappa shape index (κ1) is 9.76. The second-order valence-electron chi connectivity index (χ2n) is 3.30. The SMILES string of the molecule is CC(=O)Cc1c(O)c(F)cc2c1OCO2. The van der Waals surface area contributed by atoms with Gasteiger partial charge in [0.15, 0.2) is 23.1 Å². The fourth-order valence-electron chi connectivity index (χ4n) is 1.48. The molecule has 0 saturated heterocycles. The van der Waals surface area contributed by atoms with Gasteiger partial charge in [-0.1, -0.05) is 0 Å². The van der Waals surface area contributed by atoms with Gasteiger partial charge in [-0.05, 0) is 6.92 Å². The maximum absolute atomic E-state index is 13.2. The number of Topliss-reactive ketones (excluding diaryl/α,β-unsaturated/α-hetero) is 1. The van der Waals surface area contributed by atoms with Crippen LogP contribution >= 0.6 is 0 Å². The lowest BCUT2D eigenvalue weighted by atomic mass is 10.1. The van der Waals surface area contributed by atoms with Crippen molar-refractivity contribution in [1.29, 1.82) is 0 Å². The van der Waals surface area contributed by atoms with Crippen LogP contribution in [0, 0.1) is 5.82 Å². The van der Waals surface area contributed by atoms with Crippen molar-refractivity contribution in [3.63, 3.8) is 0 Å². The molecular formula is C10H9FO4. The number of carbonyl (C=O) groups is 1. The van der Waals surface area contributed by atoms with Gasteiger partial charge in [0.2, 0.25) is 6.79 Å². The number of phenolic OH excluding ortho intramolecular Hbond substituents is 1. The monoisotopic (exact) mass is 212 g/mol. The highest BCUT2D eigenvalue weighted by atomic mass is 19.1. The maximum atomic E-state index is 13.2. The molecule has 4 nitrogen and oxygen atoms in total. The summed E-state index contributed by atoms with van der Waals surface area (Å²) >= 11 is 0. The Morgan fingerprint density at radius 3 is 3.00 bits per heavy atom. The molecule has 0 aliphatic carbocycles. The van der Waals surface area contributed by atoms with Crippen LogP contribution in [0.3, 0.4) is 0 Å². The van der Waals surface area contributed by atoms with Gasteiger partial charge in [-0.3, -0.25) is 4.79 Å². The van der Waals surface area contributed by atoms with Gasteiger partial charge in [-0.15, -0.1) is 0 Å². The van der Waals surface area contributed by atoms with Crippen LogP contribution in [-0.4, -0.2) is 17.7 Å². The lowest BCUT2D eigenvalue weighted by Gasteiger charge is -2.07. The van der Waals surface area contributed by atoms with Crippen LogP contribution in [0.2, 0.25) is 0 Å². The molecule has 0 radical (unpaired) electrons. The van der Waals surface area contributed by atoms with Gasteiger partial charge in [-0.2, -0.15) is 0 Å². The predicted molar refractivity (Wildman–Crippen MR) is 48.6 cm³/mol. The number of hydrogen-bond donors (Lipinski definition) is 1. The molecule has 1 aromatic carbocycles. The highest BCUT2D eigenvalue weighted by Crippen LogP contribution is 2.42. The van der Waals surface area contributed by atoms with Crippen LogP contribution in [0.5, 0.6) is 17.2 Å². The Bertz CT molecular complexity index is 428. The van der Waals surface area contributed by atoms with Gasteiger partial charge in [0.25, 0.3) is 0 Å². The van der Waals surface area contributed by atoms with E-state index in [-0.39, 0.29) is 36.1 Å². The fraction of sp³-hybridized carbons (Fsp3) is 0.300. The van der Waals surface area contributed by atoms with E-state index in [4.69, 9.17) is 9.47 Å². The lowest BCUT2D eigenvalue weighted by molar-refractivity contribution is -0.116. The second-order valence-corrected chi connectivity index (χ2v) is 3.30. The molecule has 80 valence electrons. The molecule has 0 atom stereocenters. The molecule has 1 aliphatic heterocycles. The number of carbonyl (C=O) groups excluding carboxylic acids is 1. The summed E-state index contributed by atoms with van der Waals surface area (Å²) in [7, 11) is 0. The van der Waals surface area contributed by atoms with E-state index in [9.17, 15) is 14.3 Å². The van der Waals surface area contributed by atoms with E-state index in [2.05, 4.69) is 0 Å². The summed E-state index contributed by atoms with van der Waals surface area (Å²) < 4.78 is 23.2. The molecule has 5 heteroatoms. The number of rotatable bonds is 2. The summed E-state index contributed by atoms with van der Waals surface area (Å²) in [5.41, 5.74) is 0.148. The minimum Gasteiger partial charge on any atom is -0.505 e. The van der Waals surface area contributed by atoms with Gasteiger partial charge in [-0.25, -0.2) is 4.39 Å². The molecule has 1 N–H and O–H groups in total. The normalized spacial score (nSPS) is 12.9. The van der Waals surface area contributed by atoms with Crippen molar-refractivity contribution in [2.24, 2.45) is 0 Å². The topological polar surface area (TPSA) is 55.8 Å². The molecular weight excluding hydrogens is 203 g/mol. The minimum atomic E-state index is -0.810. The highest BCUT2D eigenvalue weighted by Gasteiger charge is 2.24. The molecule has 15 heavy (non-hydrogen) atoms. The number of phenols is 1. The van der Waals surface area contributed by atoms with Crippen LogP contribution in [0.15, 0.2) is 6.07 Å². The molecule has 0 unspecified atom stereocenters. The third kappa shape index (κ3) is 1.60. The number of halogens is 1. The summed E-state index contributed by atoms with van der Waals surface area (Å²) in [5.74, 6) is -1.07. The standard InChI is InChI=1S/C10H9FO4/c1-5(12)2-6-9(13)7(11)3-8-10(6)15-4-14-8/h3,13H,2,4H2,1H3. The number of benzene rings is 1. The zero-order chi connectivity index (χ0) is 11.0. The third-order valence-corrected chi connectivity index (χ3v) is 2.11. The molecule has 0 amide bonds. The maximum Gasteiger partial charge on any atom is 0.231 e. The van der Waals surface area contributed by atoms with E-state index in [0.29, 0.717) is 0 Å². The largest absolute Gasteiger partial charge is 0.505 e. The smallest absolute Gasteiger partial charge is 0.231 e. The number of hydrogen-bond acceptors (Lipinski definition) is 4. The van der Waals surface area contributed by atoms with E-state index in [1.807, 2.05) is 0 Å². The van der Waals surface area contributed by atoms with E-state index in [1.165, 1.54) is 6.92 Å². The summed E-state index contributed by atoms with van der Waals surface area (Å²) in [6.45, 7) is 1.33. The first-order valence-electron chi connectivity index (χ1n) is 4.39. The molecule has 0 aromatic heterocycles. The van der Waals surface area contributed by atoms with Crippen LogP contribution in [0.25, 0.3) is 0 Å². The zero-order valence-electron chi connectivity index (χ0n) is 8.04. The van der Waals surface area contributed by atoms with E-state index >= 15 is 0 Å². The zero-order valence-corrected chi connectivity index (χ0v) is 8.04. The first-order chi connectivity index (χ1) is 7.09. The second kappa shape index (κ2) is 3.42. The number of aromatic hydroxyl groups is 1. The van der Waals surface area contributed by atoms with Crippen molar-refractivity contribution in [1.82, 2.24) is 0 Å². The molecule has 1 aliphatic rings. The van der Waals surface area contributed by atoms with Gasteiger partial charge in [0.1, 0.15) is 5.78 Å². The average molecular weight is 212 g/mol. The number of fused-ring (bicyclic) bond motifs is 1. The van der Waals surface area contributed by atoms with Crippen molar-refractivity contribution in [3.8, 4) is 17.2 Å². The molecule has 0 bridgehead atoms. The fourth-order valence-corrected chi connectivity index (χ4v) is 1.48. The molecule has 0 fully saturated rings. The number of ketones is 1. The van der Waals surface area contributed by atoms with E-state index in [1.54, 1.807) is 0 Å². The van der Waals surface area contributed by atoms with Crippen molar-refractivity contribution < 1.29 is 23.8 Å². The Balaban J connectivity index is 2.55. The Labute approximate surface area is 85.2 Å². The van der Waals surface area contributed by atoms with Gasteiger partial charge in [0.05, 0.1) is 5.56 Å². The Hall–Kier alpha value is -1.78. The molecule has 0 saturated carbocycles. The quantitative estimate of drug-likeness (QED) is 0.804. The van der Waals surface area contributed by atoms with Gasteiger partial charge >= 0.3 is 0 Å². The van der Waals surface area contributed by atoms with E-state index < -0.39 is 11.6 Å². The third-order valence-electron chi connectivity index (χ3n) is 2.11. The first-order valence-corrected chi connectivity index (χ1v) is 4.39. The Kier molecular flexibility index (Phi) is 2.22. The summed E-state index contributed by atoms with van der Waals surface area (Å²) in [4.78, 5) is 10.9. The van der Waals surface area contributed by atoms with Gasteiger partial charge < -0.3 is 14.6 Å².